The summed E-state index contributed by atoms with van der Waals surface area (Å²) >= 11 is 0. The average molecular weight is 286 g/mol. The van der Waals surface area contributed by atoms with E-state index in [1.54, 1.807) is 5.56 Å². The molecule has 0 unspecified atom stereocenters. The van der Waals surface area contributed by atoms with Gasteiger partial charge in [-0.05, 0) is 50.6 Å². The molecule has 3 rings (SSSR count). The van der Waals surface area contributed by atoms with Crippen LogP contribution in [0.15, 0.2) is 24.3 Å². The summed E-state index contributed by atoms with van der Waals surface area (Å²) in [6, 6.07) is 10.1. The number of likely N-dealkylation sites (N-methyl/N-ethyl adjacent to an activating group) is 1. The third-order valence-corrected chi connectivity index (χ3v) is 5.62. The van der Waals surface area contributed by atoms with Crippen molar-refractivity contribution in [2.24, 2.45) is 0 Å². The van der Waals surface area contributed by atoms with Crippen molar-refractivity contribution < 1.29 is 0 Å². The number of rotatable bonds is 3. The quantitative estimate of drug-likeness (QED) is 0.836. The summed E-state index contributed by atoms with van der Waals surface area (Å²) in [6.07, 6.45) is 5.54. The van der Waals surface area contributed by atoms with E-state index in [0.29, 0.717) is 0 Å². The van der Waals surface area contributed by atoms with Crippen molar-refractivity contribution >= 4 is 0 Å². The van der Waals surface area contributed by atoms with Crippen LogP contribution in [-0.4, -0.2) is 48.6 Å². The number of benzene rings is 1. The average Bonchev–Trinajstić information content (AvgIpc) is 2.56. The Balaban J connectivity index is 1.50. The summed E-state index contributed by atoms with van der Waals surface area (Å²) in [6.45, 7) is 10.8. The molecular weight excluding hydrogens is 256 g/mol. The van der Waals surface area contributed by atoms with Gasteiger partial charge in [-0.2, -0.15) is 0 Å². The Morgan fingerprint density at radius 3 is 2.10 bits per heavy atom. The molecule has 0 radical (unpaired) electrons. The molecule has 2 fully saturated rings. The van der Waals surface area contributed by atoms with Gasteiger partial charge in [-0.15, -0.1) is 0 Å². The van der Waals surface area contributed by atoms with E-state index in [0.717, 1.165) is 12.0 Å². The van der Waals surface area contributed by atoms with Crippen molar-refractivity contribution in [2.75, 3.05) is 32.7 Å². The predicted molar refractivity (Wildman–Crippen MR) is 89.9 cm³/mol. The van der Waals surface area contributed by atoms with Crippen LogP contribution in [0.5, 0.6) is 0 Å². The second-order valence-electron chi connectivity index (χ2n) is 6.89. The Kier molecular flexibility index (Phi) is 4.97. The highest BCUT2D eigenvalue weighted by Crippen LogP contribution is 2.35. The zero-order valence-electron chi connectivity index (χ0n) is 13.7. The minimum atomic E-state index is 0.804. The molecule has 0 amide bonds. The minimum Gasteiger partial charge on any atom is -0.301 e. The smallest absolute Gasteiger partial charge is 0.0113 e. The second-order valence-corrected chi connectivity index (χ2v) is 6.89. The molecule has 1 aliphatic carbocycles. The molecular formula is C19H30N2. The van der Waals surface area contributed by atoms with Gasteiger partial charge >= 0.3 is 0 Å². The highest BCUT2D eigenvalue weighted by Gasteiger charge is 2.28. The number of nitrogens with zero attached hydrogens (tertiary/aromatic N) is 2. The SMILES string of the molecule is CCN1CCN(C2CCC(c3ccc(C)cc3)CC2)CC1. The van der Waals surface area contributed by atoms with E-state index in [-0.39, 0.29) is 0 Å². The van der Waals surface area contributed by atoms with Crippen LogP contribution >= 0.6 is 0 Å². The molecule has 2 aliphatic rings. The van der Waals surface area contributed by atoms with Gasteiger partial charge < -0.3 is 4.90 Å². The maximum atomic E-state index is 2.76. The van der Waals surface area contributed by atoms with Gasteiger partial charge in [-0.1, -0.05) is 36.8 Å². The molecule has 21 heavy (non-hydrogen) atoms. The molecule has 116 valence electrons. The number of hydrogen-bond acceptors (Lipinski definition) is 2. The van der Waals surface area contributed by atoms with E-state index in [1.807, 2.05) is 0 Å². The molecule has 2 nitrogen and oxygen atoms in total. The lowest BCUT2D eigenvalue weighted by Crippen LogP contribution is -2.50. The fraction of sp³-hybridized carbons (Fsp3) is 0.684. The third-order valence-electron chi connectivity index (χ3n) is 5.62. The van der Waals surface area contributed by atoms with Gasteiger partial charge in [-0.25, -0.2) is 0 Å². The molecule has 1 saturated carbocycles. The molecule has 1 aliphatic heterocycles. The van der Waals surface area contributed by atoms with Gasteiger partial charge in [0.15, 0.2) is 0 Å². The first-order valence-corrected chi connectivity index (χ1v) is 8.79. The van der Waals surface area contributed by atoms with Crippen molar-refractivity contribution in [3.8, 4) is 0 Å². The molecule has 2 heteroatoms. The van der Waals surface area contributed by atoms with Gasteiger partial charge in [0.2, 0.25) is 0 Å². The summed E-state index contributed by atoms with van der Waals surface area (Å²) < 4.78 is 0. The van der Waals surface area contributed by atoms with Crippen LogP contribution < -0.4 is 0 Å². The van der Waals surface area contributed by atoms with Gasteiger partial charge in [0.05, 0.1) is 0 Å². The molecule has 1 aromatic rings. The lowest BCUT2D eigenvalue weighted by molar-refractivity contribution is 0.0787. The standard InChI is InChI=1S/C19H30N2/c1-3-20-12-14-21(15-13-20)19-10-8-18(9-11-19)17-6-4-16(2)5-7-17/h4-7,18-19H,3,8-15H2,1-2H3. The summed E-state index contributed by atoms with van der Waals surface area (Å²) in [4.78, 5) is 5.34. The van der Waals surface area contributed by atoms with Crippen LogP contribution in [0.25, 0.3) is 0 Å². The van der Waals surface area contributed by atoms with Crippen LogP contribution in [0, 0.1) is 6.92 Å². The lowest BCUT2D eigenvalue weighted by Gasteiger charge is -2.41. The summed E-state index contributed by atoms with van der Waals surface area (Å²) in [5.41, 5.74) is 2.94. The monoisotopic (exact) mass is 286 g/mol. The van der Waals surface area contributed by atoms with E-state index in [1.165, 1.54) is 64.0 Å². The van der Waals surface area contributed by atoms with Gasteiger partial charge in [0, 0.05) is 32.2 Å². The maximum Gasteiger partial charge on any atom is 0.0113 e. The Hall–Kier alpha value is -0.860. The Bertz CT molecular complexity index is 423. The van der Waals surface area contributed by atoms with E-state index >= 15 is 0 Å². The van der Waals surface area contributed by atoms with Crippen molar-refractivity contribution in [3.63, 3.8) is 0 Å². The molecule has 1 heterocycles. The van der Waals surface area contributed by atoms with Crippen LogP contribution in [0.2, 0.25) is 0 Å². The summed E-state index contributed by atoms with van der Waals surface area (Å²) in [5.74, 6) is 0.804. The number of aryl methyl sites for hydroxylation is 1. The molecule has 0 atom stereocenters. The first-order valence-electron chi connectivity index (χ1n) is 8.79. The van der Waals surface area contributed by atoms with Crippen LogP contribution in [0.3, 0.4) is 0 Å². The zero-order valence-corrected chi connectivity index (χ0v) is 13.7. The van der Waals surface area contributed by atoms with Crippen LogP contribution in [-0.2, 0) is 0 Å². The predicted octanol–water partition coefficient (Wildman–Crippen LogP) is 3.66. The third kappa shape index (κ3) is 3.67. The fourth-order valence-electron chi connectivity index (χ4n) is 4.06. The highest BCUT2D eigenvalue weighted by atomic mass is 15.3. The van der Waals surface area contributed by atoms with Gasteiger partial charge in [0.25, 0.3) is 0 Å². The van der Waals surface area contributed by atoms with E-state index in [2.05, 4.69) is 47.9 Å². The van der Waals surface area contributed by atoms with Crippen molar-refractivity contribution in [2.45, 2.75) is 51.5 Å². The van der Waals surface area contributed by atoms with Gasteiger partial charge in [-0.3, -0.25) is 4.90 Å². The molecule has 0 bridgehead atoms. The van der Waals surface area contributed by atoms with E-state index < -0.39 is 0 Å². The number of piperazine rings is 1. The van der Waals surface area contributed by atoms with E-state index in [9.17, 15) is 0 Å². The van der Waals surface area contributed by atoms with Crippen LogP contribution in [0.1, 0.15) is 49.7 Å². The Morgan fingerprint density at radius 2 is 1.52 bits per heavy atom. The number of hydrogen-bond donors (Lipinski definition) is 0. The largest absolute Gasteiger partial charge is 0.301 e. The molecule has 1 aromatic carbocycles. The molecule has 0 spiro atoms. The first-order chi connectivity index (χ1) is 10.3. The molecule has 1 saturated heterocycles. The topological polar surface area (TPSA) is 6.48 Å². The Labute approximate surface area is 130 Å². The Morgan fingerprint density at radius 1 is 0.905 bits per heavy atom. The van der Waals surface area contributed by atoms with Crippen molar-refractivity contribution in [1.82, 2.24) is 9.80 Å². The van der Waals surface area contributed by atoms with E-state index in [4.69, 9.17) is 0 Å². The van der Waals surface area contributed by atoms with Crippen molar-refractivity contribution in [3.05, 3.63) is 35.4 Å². The summed E-state index contributed by atoms with van der Waals surface area (Å²) in [5, 5.41) is 0. The van der Waals surface area contributed by atoms with Crippen LogP contribution in [0.4, 0.5) is 0 Å². The fourth-order valence-corrected chi connectivity index (χ4v) is 4.06. The first kappa shape index (κ1) is 15.1. The minimum absolute atomic E-state index is 0.804. The maximum absolute atomic E-state index is 2.76. The van der Waals surface area contributed by atoms with Gasteiger partial charge in [0.1, 0.15) is 0 Å². The normalized spacial score (nSPS) is 28.7. The second kappa shape index (κ2) is 6.93. The zero-order chi connectivity index (χ0) is 14.7. The van der Waals surface area contributed by atoms with Crippen molar-refractivity contribution in [1.29, 1.82) is 0 Å². The lowest BCUT2D eigenvalue weighted by atomic mass is 9.81. The molecule has 0 N–H and O–H groups in total. The highest BCUT2D eigenvalue weighted by molar-refractivity contribution is 5.24. The molecule has 0 aromatic heterocycles. The summed E-state index contributed by atoms with van der Waals surface area (Å²) in [7, 11) is 0.